The van der Waals surface area contributed by atoms with Crippen molar-refractivity contribution >= 4 is 29.4 Å². The van der Waals surface area contributed by atoms with E-state index in [-0.39, 0.29) is 5.91 Å². The van der Waals surface area contributed by atoms with Crippen molar-refractivity contribution in [2.24, 2.45) is 5.10 Å². The number of hydrogen-bond acceptors (Lipinski definition) is 3. The molecule has 0 saturated heterocycles. The highest BCUT2D eigenvalue weighted by molar-refractivity contribution is 6.30. The van der Waals surface area contributed by atoms with E-state index < -0.39 is 0 Å². The average molecular weight is 330 g/mol. The zero-order valence-corrected chi connectivity index (χ0v) is 14.0. The predicted octanol–water partition coefficient (Wildman–Crippen LogP) is 3.95. The lowest BCUT2D eigenvalue weighted by Crippen LogP contribution is -2.21. The molecule has 2 aromatic carbocycles. The molecule has 0 fully saturated rings. The molecule has 0 aliphatic heterocycles. The lowest BCUT2D eigenvalue weighted by Gasteiger charge is -2.20. The molecule has 120 valence electrons. The summed E-state index contributed by atoms with van der Waals surface area (Å²) in [7, 11) is 0. The molecule has 0 saturated carbocycles. The largest absolute Gasteiger partial charge is 0.372 e. The maximum atomic E-state index is 11.9. The molecular formula is C18H20ClN3O. The van der Waals surface area contributed by atoms with Crippen molar-refractivity contribution in [1.29, 1.82) is 0 Å². The van der Waals surface area contributed by atoms with Gasteiger partial charge in [0.05, 0.1) is 6.21 Å². The Bertz CT molecular complexity index is 662. The molecule has 0 aliphatic rings. The summed E-state index contributed by atoms with van der Waals surface area (Å²) in [4.78, 5) is 14.2. The van der Waals surface area contributed by atoms with Gasteiger partial charge in [-0.05, 0) is 55.8 Å². The van der Waals surface area contributed by atoms with E-state index in [0.29, 0.717) is 10.6 Å². The maximum absolute atomic E-state index is 11.9. The molecule has 0 unspecified atom stereocenters. The number of hydrazone groups is 1. The van der Waals surface area contributed by atoms with Crippen LogP contribution in [0.1, 0.15) is 29.8 Å². The molecule has 2 aromatic rings. The van der Waals surface area contributed by atoms with E-state index >= 15 is 0 Å². The van der Waals surface area contributed by atoms with Crippen molar-refractivity contribution in [3.05, 3.63) is 64.7 Å². The number of amides is 1. The van der Waals surface area contributed by atoms with Gasteiger partial charge in [0, 0.05) is 29.4 Å². The van der Waals surface area contributed by atoms with Crippen LogP contribution in [0.5, 0.6) is 0 Å². The topological polar surface area (TPSA) is 44.7 Å². The molecular weight excluding hydrogens is 310 g/mol. The summed E-state index contributed by atoms with van der Waals surface area (Å²) in [6, 6.07) is 14.7. The van der Waals surface area contributed by atoms with Gasteiger partial charge >= 0.3 is 0 Å². The highest BCUT2D eigenvalue weighted by Gasteiger charge is 2.03. The zero-order valence-electron chi connectivity index (χ0n) is 13.3. The van der Waals surface area contributed by atoms with Gasteiger partial charge in [-0.1, -0.05) is 23.7 Å². The number of nitrogens with zero attached hydrogens (tertiary/aromatic N) is 2. The van der Waals surface area contributed by atoms with Crippen LogP contribution in [0.15, 0.2) is 53.6 Å². The molecule has 1 amide bonds. The molecule has 0 spiro atoms. The molecule has 0 heterocycles. The van der Waals surface area contributed by atoms with Crippen molar-refractivity contribution in [3.63, 3.8) is 0 Å². The summed E-state index contributed by atoms with van der Waals surface area (Å²) < 4.78 is 0. The monoisotopic (exact) mass is 329 g/mol. The van der Waals surface area contributed by atoms with Crippen LogP contribution < -0.4 is 10.3 Å². The fraction of sp³-hybridized carbons (Fsp3) is 0.222. The van der Waals surface area contributed by atoms with Crippen LogP contribution in [0.2, 0.25) is 5.02 Å². The van der Waals surface area contributed by atoms with Crippen molar-refractivity contribution < 1.29 is 4.79 Å². The van der Waals surface area contributed by atoms with E-state index in [9.17, 15) is 4.79 Å². The smallest absolute Gasteiger partial charge is 0.271 e. The Morgan fingerprint density at radius 1 is 1.09 bits per heavy atom. The number of benzene rings is 2. The number of carbonyl (C=O) groups excluding carboxylic acids is 1. The van der Waals surface area contributed by atoms with Crippen molar-refractivity contribution in [2.75, 3.05) is 18.0 Å². The van der Waals surface area contributed by atoms with Crippen LogP contribution in [-0.4, -0.2) is 25.2 Å². The number of halogens is 1. The van der Waals surface area contributed by atoms with Gasteiger partial charge in [-0.25, -0.2) is 5.43 Å². The molecule has 5 heteroatoms. The number of anilines is 1. The van der Waals surface area contributed by atoms with Gasteiger partial charge in [-0.15, -0.1) is 0 Å². The van der Waals surface area contributed by atoms with E-state index in [2.05, 4.69) is 41.4 Å². The molecule has 4 nitrogen and oxygen atoms in total. The van der Waals surface area contributed by atoms with Gasteiger partial charge in [-0.3, -0.25) is 4.79 Å². The van der Waals surface area contributed by atoms with Crippen LogP contribution >= 0.6 is 11.6 Å². The standard InChI is InChI=1S/C18H20ClN3O/c1-3-22(4-2)17-11-5-14(6-12-17)13-20-21-18(23)15-7-9-16(19)10-8-15/h5-13H,3-4H2,1-2H3,(H,21,23). The van der Waals surface area contributed by atoms with Gasteiger partial charge in [0.15, 0.2) is 0 Å². The van der Waals surface area contributed by atoms with Crippen LogP contribution in [-0.2, 0) is 0 Å². The minimum absolute atomic E-state index is 0.266. The summed E-state index contributed by atoms with van der Waals surface area (Å²) in [6.45, 7) is 6.21. The summed E-state index contributed by atoms with van der Waals surface area (Å²) in [5.41, 5.74) is 5.13. The fourth-order valence-electron chi connectivity index (χ4n) is 2.19. The first-order chi connectivity index (χ1) is 11.1. The van der Waals surface area contributed by atoms with E-state index in [4.69, 9.17) is 11.6 Å². The Morgan fingerprint density at radius 2 is 1.70 bits per heavy atom. The number of nitrogens with one attached hydrogen (secondary N) is 1. The zero-order chi connectivity index (χ0) is 16.7. The highest BCUT2D eigenvalue weighted by Crippen LogP contribution is 2.14. The summed E-state index contributed by atoms with van der Waals surface area (Å²) in [5.74, 6) is -0.266. The Balaban J connectivity index is 1.95. The van der Waals surface area contributed by atoms with Crippen LogP contribution in [0.25, 0.3) is 0 Å². The van der Waals surface area contributed by atoms with E-state index in [1.807, 2.05) is 12.1 Å². The van der Waals surface area contributed by atoms with Crippen molar-refractivity contribution in [3.8, 4) is 0 Å². The van der Waals surface area contributed by atoms with Crippen molar-refractivity contribution in [1.82, 2.24) is 5.43 Å². The average Bonchev–Trinajstić information content (AvgIpc) is 2.58. The Labute approximate surface area is 141 Å². The van der Waals surface area contributed by atoms with E-state index in [0.717, 1.165) is 18.7 Å². The third-order valence-electron chi connectivity index (χ3n) is 3.51. The molecule has 0 atom stereocenters. The minimum atomic E-state index is -0.266. The first kappa shape index (κ1) is 17.0. The Morgan fingerprint density at radius 3 is 2.26 bits per heavy atom. The molecule has 1 N–H and O–H groups in total. The molecule has 0 bridgehead atoms. The van der Waals surface area contributed by atoms with Gasteiger partial charge < -0.3 is 4.90 Å². The first-order valence-electron chi connectivity index (χ1n) is 7.58. The highest BCUT2D eigenvalue weighted by atomic mass is 35.5. The molecule has 0 aliphatic carbocycles. The second-order valence-electron chi connectivity index (χ2n) is 4.97. The molecule has 23 heavy (non-hydrogen) atoms. The molecule has 2 rings (SSSR count). The molecule has 0 aromatic heterocycles. The summed E-state index contributed by atoms with van der Waals surface area (Å²) in [6.07, 6.45) is 1.62. The predicted molar refractivity (Wildman–Crippen MR) is 96.5 cm³/mol. The van der Waals surface area contributed by atoms with Gasteiger partial charge in [0.1, 0.15) is 0 Å². The third-order valence-corrected chi connectivity index (χ3v) is 3.76. The quantitative estimate of drug-likeness (QED) is 0.644. The molecule has 0 radical (unpaired) electrons. The maximum Gasteiger partial charge on any atom is 0.271 e. The normalized spacial score (nSPS) is 10.7. The summed E-state index contributed by atoms with van der Waals surface area (Å²) in [5, 5.41) is 4.58. The Kier molecular flexibility index (Phi) is 6.18. The first-order valence-corrected chi connectivity index (χ1v) is 7.95. The second kappa shape index (κ2) is 8.34. The minimum Gasteiger partial charge on any atom is -0.372 e. The Hall–Kier alpha value is -2.33. The van der Waals surface area contributed by atoms with Crippen LogP contribution in [0.3, 0.4) is 0 Å². The van der Waals surface area contributed by atoms with Gasteiger partial charge in [-0.2, -0.15) is 5.10 Å². The third kappa shape index (κ3) is 4.83. The van der Waals surface area contributed by atoms with Crippen LogP contribution in [0.4, 0.5) is 5.69 Å². The van der Waals surface area contributed by atoms with Gasteiger partial charge in [0.25, 0.3) is 5.91 Å². The fourth-order valence-corrected chi connectivity index (χ4v) is 2.32. The number of rotatable bonds is 6. The number of carbonyl (C=O) groups is 1. The van der Waals surface area contributed by atoms with E-state index in [1.165, 1.54) is 5.69 Å². The second-order valence-corrected chi connectivity index (χ2v) is 5.41. The lowest BCUT2D eigenvalue weighted by atomic mass is 10.2. The number of hydrogen-bond donors (Lipinski definition) is 1. The van der Waals surface area contributed by atoms with E-state index in [1.54, 1.807) is 30.5 Å². The SMILES string of the molecule is CCN(CC)c1ccc(C=NNC(=O)c2ccc(Cl)cc2)cc1. The van der Waals surface area contributed by atoms with Crippen LogP contribution in [0, 0.1) is 0 Å². The summed E-state index contributed by atoms with van der Waals surface area (Å²) >= 11 is 5.79. The van der Waals surface area contributed by atoms with Crippen molar-refractivity contribution in [2.45, 2.75) is 13.8 Å². The van der Waals surface area contributed by atoms with Gasteiger partial charge in [0.2, 0.25) is 0 Å². The lowest BCUT2D eigenvalue weighted by molar-refractivity contribution is 0.0955.